The fourth-order valence-corrected chi connectivity index (χ4v) is 3.32. The van der Waals surface area contributed by atoms with E-state index in [-0.39, 0.29) is 30.7 Å². The maximum absolute atomic E-state index is 12.0. The van der Waals surface area contributed by atoms with Crippen molar-refractivity contribution in [3.8, 4) is 0 Å². The maximum Gasteiger partial charge on any atom is 0.330 e. The quantitative estimate of drug-likeness (QED) is 0.158. The number of aryl methyl sites for hydroxylation is 1. The van der Waals surface area contributed by atoms with Gasteiger partial charge in [0.2, 0.25) is 0 Å². The van der Waals surface area contributed by atoms with Crippen LogP contribution in [0.4, 0.5) is 0 Å². The van der Waals surface area contributed by atoms with E-state index in [1.54, 1.807) is 0 Å². The molecule has 7 nitrogen and oxygen atoms in total. The van der Waals surface area contributed by atoms with Gasteiger partial charge in [0.1, 0.15) is 13.2 Å². The van der Waals surface area contributed by atoms with E-state index in [1.807, 2.05) is 24.3 Å². The van der Waals surface area contributed by atoms with Gasteiger partial charge in [-0.1, -0.05) is 49.2 Å². The molecule has 0 unspecified atom stereocenters. The van der Waals surface area contributed by atoms with Crippen LogP contribution >= 0.6 is 11.8 Å². The molecular weight excluding hydrogens is 432 g/mol. The molecule has 1 aromatic carbocycles. The van der Waals surface area contributed by atoms with Crippen LogP contribution in [0.1, 0.15) is 43.2 Å². The fraction of sp³-hybridized carbons (Fsp3) is 0.417. The average Bonchev–Trinajstić information content (AvgIpc) is 2.80. The lowest BCUT2D eigenvalue weighted by Gasteiger charge is -2.06. The van der Waals surface area contributed by atoms with Crippen LogP contribution in [0, 0.1) is 0 Å². The second-order valence-corrected chi connectivity index (χ2v) is 7.78. The molecule has 0 amide bonds. The van der Waals surface area contributed by atoms with Crippen molar-refractivity contribution in [2.45, 2.75) is 44.3 Å². The van der Waals surface area contributed by atoms with Crippen LogP contribution in [0.5, 0.6) is 0 Å². The highest BCUT2D eigenvalue weighted by molar-refractivity contribution is 8.12. The largest absolute Gasteiger partial charge is 0.463 e. The molecule has 0 fully saturated rings. The van der Waals surface area contributed by atoms with Gasteiger partial charge in [-0.2, -0.15) is 0 Å². The molecule has 0 aliphatic rings. The second kappa shape index (κ2) is 16.8. The summed E-state index contributed by atoms with van der Waals surface area (Å²) in [6, 6.07) is 7.95. The number of ether oxygens (including phenoxy) is 3. The van der Waals surface area contributed by atoms with Crippen molar-refractivity contribution in [3.63, 3.8) is 0 Å². The van der Waals surface area contributed by atoms with Gasteiger partial charge in [-0.3, -0.25) is 9.59 Å². The van der Waals surface area contributed by atoms with Gasteiger partial charge in [0, 0.05) is 30.7 Å². The molecule has 1 aromatic rings. The summed E-state index contributed by atoms with van der Waals surface area (Å²) in [5.74, 6) is -0.716. The Bertz CT molecular complexity index is 771. The minimum Gasteiger partial charge on any atom is -0.463 e. The summed E-state index contributed by atoms with van der Waals surface area (Å²) in [5.41, 5.74) is 2.16. The van der Waals surface area contributed by atoms with Gasteiger partial charge in [-0.25, -0.2) is 9.59 Å². The van der Waals surface area contributed by atoms with E-state index in [2.05, 4.69) is 13.2 Å². The van der Waals surface area contributed by atoms with Crippen molar-refractivity contribution in [1.82, 2.24) is 0 Å². The maximum atomic E-state index is 12.0. The van der Waals surface area contributed by atoms with Gasteiger partial charge < -0.3 is 14.2 Å². The van der Waals surface area contributed by atoms with E-state index in [4.69, 9.17) is 14.2 Å². The molecule has 0 aromatic heterocycles. The molecule has 0 spiro atoms. The Kier molecular flexibility index (Phi) is 14.2. The molecule has 0 bridgehead atoms. The molecule has 8 heteroatoms. The van der Waals surface area contributed by atoms with Gasteiger partial charge >= 0.3 is 17.9 Å². The number of hydrogen-bond donors (Lipinski definition) is 0. The van der Waals surface area contributed by atoms with Crippen molar-refractivity contribution >= 4 is 34.8 Å². The molecule has 0 saturated heterocycles. The summed E-state index contributed by atoms with van der Waals surface area (Å²) < 4.78 is 14.6. The first kappa shape index (κ1) is 27.2. The van der Waals surface area contributed by atoms with Crippen molar-refractivity contribution in [2.75, 3.05) is 19.8 Å². The van der Waals surface area contributed by atoms with Crippen molar-refractivity contribution < 1.29 is 33.4 Å². The number of benzene rings is 1. The number of carbonyl (C=O) groups excluding carboxylic acids is 4. The summed E-state index contributed by atoms with van der Waals surface area (Å²) in [6.45, 7) is 6.95. The Morgan fingerprint density at radius 2 is 1.34 bits per heavy atom. The molecule has 174 valence electrons. The summed E-state index contributed by atoms with van der Waals surface area (Å²) in [5, 5.41) is 0.113. The van der Waals surface area contributed by atoms with Crippen LogP contribution < -0.4 is 0 Å². The van der Waals surface area contributed by atoms with Crippen LogP contribution in [-0.4, -0.2) is 42.8 Å². The zero-order chi connectivity index (χ0) is 23.6. The molecule has 0 heterocycles. The van der Waals surface area contributed by atoms with E-state index in [0.717, 1.165) is 29.7 Å². The Balaban J connectivity index is 2.14. The van der Waals surface area contributed by atoms with Gasteiger partial charge in [-0.05, 0) is 36.8 Å². The molecule has 0 radical (unpaired) electrons. The number of carbonyl (C=O) groups is 4. The van der Waals surface area contributed by atoms with Crippen molar-refractivity contribution in [1.29, 1.82) is 0 Å². The molecule has 0 atom stereocenters. The predicted octanol–water partition coefficient (Wildman–Crippen LogP) is 3.94. The zero-order valence-electron chi connectivity index (χ0n) is 18.2. The van der Waals surface area contributed by atoms with E-state index in [0.29, 0.717) is 38.0 Å². The number of esters is 3. The first-order valence-corrected chi connectivity index (χ1v) is 11.4. The third-order valence-electron chi connectivity index (χ3n) is 4.21. The SMILES string of the molecule is C=CC(=O)OCCCCC(=O)SCc1ccc(CCCC(=O)OCCOC(=O)C=C)cc1. The third kappa shape index (κ3) is 13.4. The van der Waals surface area contributed by atoms with E-state index >= 15 is 0 Å². The third-order valence-corrected chi connectivity index (χ3v) is 5.22. The molecule has 32 heavy (non-hydrogen) atoms. The highest BCUT2D eigenvalue weighted by Gasteiger charge is 2.06. The number of rotatable bonds is 16. The standard InChI is InChI=1S/C24H30O7S/c1-3-21(25)29-15-6-5-10-24(28)32-18-20-13-11-19(12-14-20)8-7-9-23(27)31-17-16-30-22(26)4-2/h3-4,11-14H,1-2,5-10,15-18H2. The molecule has 0 aliphatic heterocycles. The average molecular weight is 463 g/mol. The first-order valence-electron chi connectivity index (χ1n) is 10.4. The summed E-state index contributed by atoms with van der Waals surface area (Å²) in [6.07, 6.45) is 5.63. The van der Waals surface area contributed by atoms with Crippen LogP contribution in [0.15, 0.2) is 49.6 Å². The summed E-state index contributed by atoms with van der Waals surface area (Å²) in [7, 11) is 0. The summed E-state index contributed by atoms with van der Waals surface area (Å²) >= 11 is 1.28. The van der Waals surface area contributed by atoms with Crippen molar-refractivity contribution in [3.05, 3.63) is 60.7 Å². The van der Waals surface area contributed by atoms with Crippen LogP contribution in [0.25, 0.3) is 0 Å². The summed E-state index contributed by atoms with van der Waals surface area (Å²) in [4.78, 5) is 45.4. The van der Waals surface area contributed by atoms with Gasteiger partial charge in [0.25, 0.3) is 0 Å². The van der Waals surface area contributed by atoms with Crippen LogP contribution in [0.2, 0.25) is 0 Å². The molecular formula is C24H30O7S. The molecule has 0 N–H and O–H groups in total. The number of hydrogen-bond acceptors (Lipinski definition) is 8. The smallest absolute Gasteiger partial charge is 0.330 e. The Morgan fingerprint density at radius 3 is 2.00 bits per heavy atom. The highest BCUT2D eigenvalue weighted by atomic mass is 32.2. The first-order chi connectivity index (χ1) is 15.4. The Hall–Kier alpha value is -2.87. The van der Waals surface area contributed by atoms with E-state index in [9.17, 15) is 19.2 Å². The van der Waals surface area contributed by atoms with Gasteiger partial charge in [0.05, 0.1) is 6.61 Å². The minimum atomic E-state index is -0.545. The minimum absolute atomic E-state index is 0.0176. The predicted molar refractivity (Wildman–Crippen MR) is 123 cm³/mol. The fourth-order valence-electron chi connectivity index (χ4n) is 2.51. The van der Waals surface area contributed by atoms with Crippen molar-refractivity contribution in [2.24, 2.45) is 0 Å². The Morgan fingerprint density at radius 1 is 0.750 bits per heavy atom. The van der Waals surface area contributed by atoms with Crippen LogP contribution in [0.3, 0.4) is 0 Å². The normalized spacial score (nSPS) is 10.1. The Labute approximate surface area is 193 Å². The topological polar surface area (TPSA) is 96.0 Å². The van der Waals surface area contributed by atoms with Crippen LogP contribution in [-0.2, 0) is 45.6 Å². The lowest BCUT2D eigenvalue weighted by molar-refractivity contribution is -0.149. The molecule has 0 aliphatic carbocycles. The number of thioether (sulfide) groups is 1. The molecule has 1 rings (SSSR count). The highest BCUT2D eigenvalue weighted by Crippen LogP contribution is 2.17. The lowest BCUT2D eigenvalue weighted by Crippen LogP contribution is -2.12. The van der Waals surface area contributed by atoms with Gasteiger partial charge in [0.15, 0.2) is 5.12 Å². The molecule has 0 saturated carbocycles. The number of unbranched alkanes of at least 4 members (excludes halogenated alkanes) is 1. The monoisotopic (exact) mass is 462 g/mol. The lowest BCUT2D eigenvalue weighted by atomic mass is 10.1. The van der Waals surface area contributed by atoms with E-state index < -0.39 is 11.9 Å². The van der Waals surface area contributed by atoms with E-state index in [1.165, 1.54) is 11.8 Å². The zero-order valence-corrected chi connectivity index (χ0v) is 19.0. The van der Waals surface area contributed by atoms with Gasteiger partial charge in [-0.15, -0.1) is 0 Å². The second-order valence-electron chi connectivity index (χ2n) is 6.75.